The molecule has 2 aromatic heterocycles. The number of nitrogens with two attached hydrogens (primary N) is 1. The van der Waals surface area contributed by atoms with Gasteiger partial charge >= 0.3 is 17.6 Å². The van der Waals surface area contributed by atoms with Crippen LogP contribution in [0, 0.1) is 0 Å². The molecule has 12 heteroatoms. The zero-order valence-electron chi connectivity index (χ0n) is 14.5. The molecule has 0 aliphatic carbocycles. The molecule has 1 fully saturated rings. The second-order valence-corrected chi connectivity index (χ2v) is 5.98. The Kier molecular flexibility index (Phi) is 5.08. The van der Waals surface area contributed by atoms with Crippen LogP contribution in [-0.2, 0) is 23.8 Å². The highest BCUT2D eigenvalue weighted by molar-refractivity contribution is 5.71. The Morgan fingerprint density at radius 3 is 2.81 bits per heavy atom. The minimum atomic E-state index is -1.74. The molecule has 0 saturated carbocycles. The van der Waals surface area contributed by atoms with E-state index in [4.69, 9.17) is 19.9 Å². The van der Waals surface area contributed by atoms with Crippen molar-refractivity contribution in [3.63, 3.8) is 0 Å². The molecule has 0 spiro atoms. The van der Waals surface area contributed by atoms with E-state index in [0.717, 1.165) is 11.5 Å². The summed E-state index contributed by atoms with van der Waals surface area (Å²) in [7, 11) is 0. The number of esters is 2. The number of H-pyrrole nitrogens is 1. The number of imidazole rings is 1. The van der Waals surface area contributed by atoms with Crippen molar-refractivity contribution in [3.05, 3.63) is 16.7 Å². The second kappa shape index (κ2) is 7.31. The van der Waals surface area contributed by atoms with Crippen LogP contribution in [0.2, 0.25) is 0 Å². The molecule has 3 N–H and O–H groups in total. The van der Waals surface area contributed by atoms with Crippen LogP contribution in [0.15, 0.2) is 11.0 Å². The van der Waals surface area contributed by atoms with Gasteiger partial charge in [0.1, 0.15) is 5.52 Å². The summed E-state index contributed by atoms with van der Waals surface area (Å²) in [5.41, 5.74) is 5.26. The minimum Gasteiger partial charge on any atom is -0.466 e. The monoisotopic (exact) mass is 383 g/mol. The number of nitrogens with one attached hydrogen (secondary N) is 1. The van der Waals surface area contributed by atoms with Crippen molar-refractivity contribution < 1.29 is 28.2 Å². The topological polar surface area (TPSA) is 151 Å². The average molecular weight is 383 g/mol. The van der Waals surface area contributed by atoms with Gasteiger partial charge < -0.3 is 24.9 Å². The van der Waals surface area contributed by atoms with E-state index < -0.39 is 42.2 Å². The summed E-state index contributed by atoms with van der Waals surface area (Å²) in [6, 6.07) is 0. The Hall–Kier alpha value is -3.02. The summed E-state index contributed by atoms with van der Waals surface area (Å²) in [6.07, 6.45) is -4.15. The summed E-state index contributed by atoms with van der Waals surface area (Å²) < 4.78 is 31.4. The Bertz CT molecular complexity index is 927. The van der Waals surface area contributed by atoms with Gasteiger partial charge in [-0.05, 0) is 0 Å². The Labute approximate surface area is 151 Å². The molecule has 0 unspecified atom stereocenters. The predicted octanol–water partition coefficient (Wildman–Crippen LogP) is -0.178. The maximum atomic E-state index is 14.9. The number of hydrogen-bond donors (Lipinski definition) is 2. The van der Waals surface area contributed by atoms with E-state index in [1.165, 1.54) is 13.1 Å². The smallest absolute Gasteiger partial charge is 0.330 e. The lowest BCUT2D eigenvalue weighted by Crippen LogP contribution is -2.35. The molecule has 146 valence electrons. The van der Waals surface area contributed by atoms with Gasteiger partial charge in [-0.15, -0.1) is 0 Å². The third-order valence-corrected chi connectivity index (χ3v) is 4.00. The number of nitrogen functional groups attached to an aromatic ring is 1. The van der Waals surface area contributed by atoms with Gasteiger partial charge in [0.05, 0.1) is 18.9 Å². The van der Waals surface area contributed by atoms with Crippen molar-refractivity contribution in [2.75, 3.05) is 12.3 Å². The van der Waals surface area contributed by atoms with Crippen molar-refractivity contribution in [1.29, 1.82) is 0 Å². The zero-order valence-corrected chi connectivity index (χ0v) is 14.5. The fourth-order valence-corrected chi connectivity index (χ4v) is 2.93. The van der Waals surface area contributed by atoms with Gasteiger partial charge in [-0.3, -0.25) is 9.59 Å². The van der Waals surface area contributed by atoms with Gasteiger partial charge in [-0.1, -0.05) is 0 Å². The number of carbonyl (C=O) groups excluding carboxylic acids is 2. The number of fused-ring (bicyclic) bond motifs is 1. The van der Waals surface area contributed by atoms with Crippen molar-refractivity contribution in [1.82, 2.24) is 19.5 Å². The second-order valence-electron chi connectivity index (χ2n) is 5.98. The molecule has 27 heavy (non-hydrogen) atoms. The molecule has 2 aromatic rings. The number of alkyl halides is 1. The summed E-state index contributed by atoms with van der Waals surface area (Å²) in [4.78, 5) is 44.9. The first kappa shape index (κ1) is 18.8. The predicted molar refractivity (Wildman–Crippen MR) is 88.2 cm³/mol. The third-order valence-electron chi connectivity index (χ3n) is 4.00. The van der Waals surface area contributed by atoms with Gasteiger partial charge in [0, 0.05) is 20.3 Å². The number of hydrogen-bond acceptors (Lipinski definition) is 9. The quantitative estimate of drug-likeness (QED) is 0.670. The van der Waals surface area contributed by atoms with Crippen LogP contribution in [0.5, 0.6) is 0 Å². The van der Waals surface area contributed by atoms with Crippen LogP contribution < -0.4 is 11.4 Å². The van der Waals surface area contributed by atoms with E-state index in [1.807, 2.05) is 0 Å². The number of anilines is 1. The molecular formula is C15H18FN5O6. The lowest BCUT2D eigenvalue weighted by molar-refractivity contribution is -0.154. The highest BCUT2D eigenvalue weighted by atomic mass is 19.1. The van der Waals surface area contributed by atoms with Crippen molar-refractivity contribution in [2.24, 2.45) is 0 Å². The van der Waals surface area contributed by atoms with E-state index in [1.54, 1.807) is 0 Å². The molecule has 1 saturated heterocycles. The van der Waals surface area contributed by atoms with Crippen molar-refractivity contribution in [2.45, 2.75) is 44.9 Å². The molecule has 1 aliphatic rings. The standard InChI is InChI=1S/C15H18FN5O6/c1-6(22)25-4-3-9-10(16)11(26-7(2)23)13(27-9)21-12-8(19-15(21)24)5-18-14(17)20-12/h5,9-11,13H,3-4H2,1-2H3,(H,19,24)(H2,17,18,20)/t9-,10-,11-,13-/m1/s1. The van der Waals surface area contributed by atoms with Crippen LogP contribution in [-0.4, -0.2) is 56.4 Å². The molecule has 1 aliphatic heterocycles. The number of nitrogens with zero attached hydrogens (tertiary/aromatic N) is 3. The Morgan fingerprint density at radius 2 is 2.15 bits per heavy atom. The first-order valence-electron chi connectivity index (χ1n) is 8.10. The maximum absolute atomic E-state index is 14.9. The van der Waals surface area contributed by atoms with Crippen LogP contribution in [0.4, 0.5) is 10.3 Å². The van der Waals surface area contributed by atoms with Crippen LogP contribution in [0.3, 0.4) is 0 Å². The summed E-state index contributed by atoms with van der Waals surface area (Å²) in [5, 5.41) is 0. The van der Waals surface area contributed by atoms with Crippen LogP contribution in [0.1, 0.15) is 26.5 Å². The van der Waals surface area contributed by atoms with Gasteiger partial charge in [0.2, 0.25) is 5.95 Å². The molecule has 3 heterocycles. The van der Waals surface area contributed by atoms with Crippen molar-refractivity contribution in [3.8, 4) is 0 Å². The van der Waals surface area contributed by atoms with E-state index >= 15 is 0 Å². The van der Waals surface area contributed by atoms with Gasteiger partial charge in [0.25, 0.3) is 0 Å². The molecule has 4 atom stereocenters. The van der Waals surface area contributed by atoms with E-state index in [-0.39, 0.29) is 30.1 Å². The Balaban J connectivity index is 1.95. The third kappa shape index (κ3) is 3.74. The lowest BCUT2D eigenvalue weighted by Gasteiger charge is -2.19. The largest absolute Gasteiger partial charge is 0.466 e. The fourth-order valence-electron chi connectivity index (χ4n) is 2.93. The minimum absolute atomic E-state index is 0.0171. The zero-order chi connectivity index (χ0) is 19.7. The molecule has 0 radical (unpaired) electrons. The Morgan fingerprint density at radius 1 is 1.41 bits per heavy atom. The normalized spacial score (nSPS) is 24.9. The number of aromatic amines is 1. The highest BCUT2D eigenvalue weighted by Crippen LogP contribution is 2.35. The molecule has 0 amide bonds. The molecule has 0 aromatic carbocycles. The number of ether oxygens (including phenoxy) is 3. The van der Waals surface area contributed by atoms with Gasteiger partial charge in [-0.2, -0.15) is 4.98 Å². The summed E-state index contributed by atoms with van der Waals surface area (Å²) >= 11 is 0. The highest BCUT2D eigenvalue weighted by Gasteiger charge is 2.49. The van der Waals surface area contributed by atoms with E-state index in [9.17, 15) is 18.8 Å². The lowest BCUT2D eigenvalue weighted by atomic mass is 10.1. The fraction of sp³-hybridized carbons (Fsp3) is 0.533. The van der Waals surface area contributed by atoms with Crippen LogP contribution in [0.25, 0.3) is 11.2 Å². The van der Waals surface area contributed by atoms with Crippen LogP contribution >= 0.6 is 0 Å². The summed E-state index contributed by atoms with van der Waals surface area (Å²) in [6.45, 7) is 2.26. The maximum Gasteiger partial charge on any atom is 0.330 e. The molecule has 3 rings (SSSR count). The van der Waals surface area contributed by atoms with E-state index in [0.29, 0.717) is 0 Å². The van der Waals surface area contributed by atoms with Gasteiger partial charge in [0.15, 0.2) is 24.2 Å². The molecule has 0 bridgehead atoms. The van der Waals surface area contributed by atoms with E-state index in [2.05, 4.69) is 15.0 Å². The first-order chi connectivity index (χ1) is 12.8. The molecular weight excluding hydrogens is 365 g/mol. The SMILES string of the molecule is CC(=O)OCC[C@H]1O[C@@H](n2c(=O)[nH]c3cnc(N)nc32)[C@H](OC(C)=O)[C@@H]1F. The number of carbonyl (C=O) groups is 2. The number of aromatic nitrogens is 4. The summed E-state index contributed by atoms with van der Waals surface area (Å²) in [5.74, 6) is -1.35. The number of halogens is 1. The average Bonchev–Trinajstić information content (AvgIpc) is 3.04. The number of rotatable bonds is 5. The molecule has 11 nitrogen and oxygen atoms in total. The van der Waals surface area contributed by atoms with Gasteiger partial charge in [-0.25, -0.2) is 18.7 Å². The van der Waals surface area contributed by atoms with Crippen molar-refractivity contribution >= 4 is 29.1 Å². The first-order valence-corrected chi connectivity index (χ1v) is 8.10.